The van der Waals surface area contributed by atoms with Gasteiger partial charge in [-0.2, -0.15) is 0 Å². The van der Waals surface area contributed by atoms with E-state index in [1.807, 2.05) is 19.9 Å². The molecule has 0 saturated carbocycles. The second-order valence-corrected chi connectivity index (χ2v) is 5.26. The molecular formula is C15H19NO. The summed E-state index contributed by atoms with van der Waals surface area (Å²) in [5, 5.41) is 0.801. The summed E-state index contributed by atoms with van der Waals surface area (Å²) in [4.78, 5) is 15.5. The molecule has 0 unspecified atom stereocenters. The van der Waals surface area contributed by atoms with E-state index in [1.165, 1.54) is 0 Å². The van der Waals surface area contributed by atoms with Crippen molar-refractivity contribution in [3.63, 3.8) is 0 Å². The second-order valence-electron chi connectivity index (χ2n) is 5.26. The highest BCUT2D eigenvalue weighted by Gasteiger charge is 2.06. The minimum absolute atomic E-state index is 0.126. The Morgan fingerprint density at radius 3 is 2.53 bits per heavy atom. The van der Waals surface area contributed by atoms with Crippen molar-refractivity contribution in [2.45, 2.75) is 34.1 Å². The molecule has 1 aromatic heterocycles. The van der Waals surface area contributed by atoms with E-state index in [-0.39, 0.29) is 5.43 Å². The molecule has 0 radical (unpaired) electrons. The van der Waals surface area contributed by atoms with Gasteiger partial charge in [0.2, 0.25) is 0 Å². The minimum Gasteiger partial charge on any atom is -0.358 e. The standard InChI is InChI=1S/C15H19NO/c1-9(2)5-12-8-14(17)13-7-10(3)6-11(4)15(13)16-12/h6-9H,5H2,1-4H3,(H,16,17). The lowest BCUT2D eigenvalue weighted by atomic mass is 10.0. The predicted molar refractivity (Wildman–Crippen MR) is 72.6 cm³/mol. The number of pyridine rings is 1. The Hall–Kier alpha value is -1.57. The van der Waals surface area contributed by atoms with Crippen molar-refractivity contribution < 1.29 is 0 Å². The summed E-state index contributed by atoms with van der Waals surface area (Å²) < 4.78 is 0. The Labute approximate surface area is 102 Å². The summed E-state index contributed by atoms with van der Waals surface area (Å²) in [5.74, 6) is 0.550. The van der Waals surface area contributed by atoms with Crippen molar-refractivity contribution >= 4 is 10.9 Å². The quantitative estimate of drug-likeness (QED) is 0.841. The lowest BCUT2D eigenvalue weighted by molar-refractivity contribution is 0.636. The molecule has 0 atom stereocenters. The lowest BCUT2D eigenvalue weighted by Gasteiger charge is -2.09. The number of rotatable bonds is 2. The van der Waals surface area contributed by atoms with E-state index >= 15 is 0 Å². The normalized spacial score (nSPS) is 11.4. The fraction of sp³-hybridized carbons (Fsp3) is 0.400. The van der Waals surface area contributed by atoms with Crippen LogP contribution in [0, 0.1) is 19.8 Å². The van der Waals surface area contributed by atoms with Crippen LogP contribution >= 0.6 is 0 Å². The van der Waals surface area contributed by atoms with Crippen LogP contribution in [0.5, 0.6) is 0 Å². The Kier molecular flexibility index (Phi) is 3.05. The Morgan fingerprint density at radius 2 is 1.88 bits per heavy atom. The van der Waals surface area contributed by atoms with Crippen LogP contribution in [0.3, 0.4) is 0 Å². The van der Waals surface area contributed by atoms with E-state index in [0.717, 1.165) is 34.1 Å². The largest absolute Gasteiger partial charge is 0.358 e. The number of hydrogen-bond donors (Lipinski definition) is 1. The number of nitrogens with one attached hydrogen (secondary N) is 1. The van der Waals surface area contributed by atoms with Crippen LogP contribution in [-0.2, 0) is 6.42 Å². The zero-order chi connectivity index (χ0) is 12.6. The Morgan fingerprint density at radius 1 is 1.18 bits per heavy atom. The first kappa shape index (κ1) is 11.9. The van der Waals surface area contributed by atoms with Gasteiger partial charge in [-0.25, -0.2) is 0 Å². The smallest absolute Gasteiger partial charge is 0.189 e. The summed E-state index contributed by atoms with van der Waals surface area (Å²) in [7, 11) is 0. The van der Waals surface area contributed by atoms with Gasteiger partial charge in [0.1, 0.15) is 0 Å². The van der Waals surface area contributed by atoms with Crippen LogP contribution in [0.2, 0.25) is 0 Å². The van der Waals surface area contributed by atoms with E-state index in [2.05, 4.69) is 24.9 Å². The summed E-state index contributed by atoms with van der Waals surface area (Å²) in [6.07, 6.45) is 0.915. The molecule has 17 heavy (non-hydrogen) atoms. The van der Waals surface area contributed by atoms with E-state index in [1.54, 1.807) is 6.07 Å². The minimum atomic E-state index is 0.126. The topological polar surface area (TPSA) is 32.9 Å². The van der Waals surface area contributed by atoms with Crippen molar-refractivity contribution in [2.75, 3.05) is 0 Å². The highest BCUT2D eigenvalue weighted by atomic mass is 16.1. The average Bonchev–Trinajstić information content (AvgIpc) is 2.19. The Bertz CT molecular complexity index is 608. The molecular weight excluding hydrogens is 210 g/mol. The van der Waals surface area contributed by atoms with Gasteiger partial charge in [-0.3, -0.25) is 4.79 Å². The molecule has 2 rings (SSSR count). The monoisotopic (exact) mass is 229 g/mol. The van der Waals surface area contributed by atoms with Crippen molar-refractivity contribution in [2.24, 2.45) is 5.92 Å². The number of H-pyrrole nitrogens is 1. The maximum atomic E-state index is 12.1. The zero-order valence-corrected chi connectivity index (χ0v) is 10.9. The lowest BCUT2D eigenvalue weighted by Crippen LogP contribution is -2.08. The van der Waals surface area contributed by atoms with Crippen LogP contribution in [0.15, 0.2) is 23.0 Å². The van der Waals surface area contributed by atoms with Gasteiger partial charge in [0.25, 0.3) is 0 Å². The van der Waals surface area contributed by atoms with Gasteiger partial charge in [0, 0.05) is 17.1 Å². The van der Waals surface area contributed by atoms with Crippen molar-refractivity contribution in [3.05, 3.63) is 45.2 Å². The molecule has 2 nitrogen and oxygen atoms in total. The molecule has 0 bridgehead atoms. The summed E-state index contributed by atoms with van der Waals surface area (Å²) in [5.41, 5.74) is 4.42. The molecule has 1 N–H and O–H groups in total. The molecule has 1 aromatic carbocycles. The molecule has 0 aliphatic rings. The maximum absolute atomic E-state index is 12.1. The van der Waals surface area contributed by atoms with Crippen molar-refractivity contribution in [3.8, 4) is 0 Å². The third-order valence-electron chi connectivity index (χ3n) is 2.96. The SMILES string of the molecule is Cc1cc(C)c2[nH]c(CC(C)C)cc(=O)c2c1. The van der Waals surface area contributed by atoms with Gasteiger partial charge in [-0.15, -0.1) is 0 Å². The number of fused-ring (bicyclic) bond motifs is 1. The van der Waals surface area contributed by atoms with Gasteiger partial charge < -0.3 is 4.98 Å². The maximum Gasteiger partial charge on any atom is 0.189 e. The first-order valence-electron chi connectivity index (χ1n) is 6.10. The van der Waals surface area contributed by atoms with E-state index in [9.17, 15) is 4.79 Å². The molecule has 0 aliphatic heterocycles. The Balaban J connectivity index is 2.69. The van der Waals surface area contributed by atoms with Gasteiger partial charge in [-0.05, 0) is 43.4 Å². The molecule has 0 aliphatic carbocycles. The predicted octanol–water partition coefficient (Wildman–Crippen LogP) is 3.34. The van der Waals surface area contributed by atoms with Crippen molar-refractivity contribution in [1.82, 2.24) is 4.98 Å². The number of hydrogen-bond acceptors (Lipinski definition) is 1. The van der Waals surface area contributed by atoms with Gasteiger partial charge >= 0.3 is 0 Å². The van der Waals surface area contributed by atoms with Gasteiger partial charge in [0.15, 0.2) is 5.43 Å². The van der Waals surface area contributed by atoms with E-state index in [4.69, 9.17) is 0 Å². The molecule has 0 amide bonds. The third-order valence-corrected chi connectivity index (χ3v) is 2.96. The highest BCUT2D eigenvalue weighted by molar-refractivity contribution is 5.82. The molecule has 0 saturated heterocycles. The molecule has 2 heteroatoms. The van der Waals surface area contributed by atoms with E-state index in [0.29, 0.717) is 5.92 Å². The van der Waals surface area contributed by atoms with Crippen LogP contribution in [0.1, 0.15) is 30.7 Å². The average molecular weight is 229 g/mol. The van der Waals surface area contributed by atoms with Crippen LogP contribution in [0.25, 0.3) is 10.9 Å². The van der Waals surface area contributed by atoms with Gasteiger partial charge in [-0.1, -0.05) is 19.9 Å². The number of aromatic nitrogens is 1. The number of aryl methyl sites for hydroxylation is 2. The summed E-state index contributed by atoms with van der Waals surface area (Å²) >= 11 is 0. The van der Waals surface area contributed by atoms with E-state index < -0.39 is 0 Å². The fourth-order valence-corrected chi connectivity index (χ4v) is 2.31. The van der Waals surface area contributed by atoms with Crippen LogP contribution in [-0.4, -0.2) is 4.98 Å². The molecule has 0 spiro atoms. The highest BCUT2D eigenvalue weighted by Crippen LogP contribution is 2.17. The molecule has 2 aromatic rings. The zero-order valence-electron chi connectivity index (χ0n) is 10.9. The number of aromatic amines is 1. The first-order chi connectivity index (χ1) is 7.97. The van der Waals surface area contributed by atoms with Gasteiger partial charge in [0.05, 0.1) is 5.52 Å². The van der Waals surface area contributed by atoms with Crippen LogP contribution < -0.4 is 5.43 Å². The fourth-order valence-electron chi connectivity index (χ4n) is 2.31. The van der Waals surface area contributed by atoms with Crippen LogP contribution in [0.4, 0.5) is 0 Å². The van der Waals surface area contributed by atoms with Crippen molar-refractivity contribution in [1.29, 1.82) is 0 Å². The molecule has 1 heterocycles. The summed E-state index contributed by atoms with van der Waals surface area (Å²) in [6, 6.07) is 5.80. The molecule has 90 valence electrons. The first-order valence-corrected chi connectivity index (χ1v) is 6.10. The third kappa shape index (κ3) is 2.41. The number of benzene rings is 1. The molecule has 0 fully saturated rings. The second kappa shape index (κ2) is 4.36. The summed E-state index contributed by atoms with van der Waals surface area (Å²) in [6.45, 7) is 8.38.